The molecule has 11 nitrogen and oxygen atoms in total. The highest BCUT2D eigenvalue weighted by Gasteiger charge is 2.33. The Morgan fingerprint density at radius 1 is 0.872 bits per heavy atom. The normalized spacial score (nSPS) is 13.2. The van der Waals surface area contributed by atoms with Gasteiger partial charge in [0.25, 0.3) is 0 Å². The highest BCUT2D eigenvalue weighted by molar-refractivity contribution is 5.75. The number of carbonyl (C=O) groups excluding carboxylic acids is 3. The number of hydrogen-bond donors (Lipinski definition) is 2. The fraction of sp³-hybridized carbons (Fsp3) is 0.643. The van der Waals surface area contributed by atoms with E-state index in [-0.39, 0.29) is 43.7 Å². The lowest BCUT2D eigenvalue weighted by Crippen LogP contribution is -2.40. The summed E-state index contributed by atoms with van der Waals surface area (Å²) in [6, 6.07) is 2.85. The molecule has 0 aliphatic carbocycles. The maximum Gasteiger partial charge on any atom is 0.513 e. The van der Waals surface area contributed by atoms with Crippen molar-refractivity contribution in [3.05, 3.63) is 23.8 Å². The van der Waals surface area contributed by atoms with Crippen molar-refractivity contribution in [2.45, 2.75) is 85.1 Å². The maximum absolute atomic E-state index is 12.3. The SMILES string of the molecule is CCCCOC(=O)Oc1ccc(C(C(C)COC(=O)CCC(C)C)[C@H](N)C(=O)O)cc1OC(=O)OCCCC. The predicted octanol–water partition coefficient (Wildman–Crippen LogP) is 5.43. The van der Waals surface area contributed by atoms with Crippen molar-refractivity contribution >= 4 is 24.2 Å². The Hall–Kier alpha value is -3.34. The van der Waals surface area contributed by atoms with E-state index in [4.69, 9.17) is 29.4 Å². The van der Waals surface area contributed by atoms with Crippen LogP contribution in [-0.2, 0) is 23.8 Å². The zero-order valence-electron chi connectivity index (χ0n) is 23.6. The fourth-order valence-electron chi connectivity index (χ4n) is 3.58. The number of carboxylic acids is 1. The average Bonchev–Trinajstić information content (AvgIpc) is 2.88. The van der Waals surface area contributed by atoms with Crippen LogP contribution >= 0.6 is 0 Å². The van der Waals surface area contributed by atoms with Crippen LogP contribution in [0.2, 0.25) is 0 Å². The Morgan fingerprint density at radius 3 is 1.95 bits per heavy atom. The van der Waals surface area contributed by atoms with Crippen LogP contribution < -0.4 is 15.2 Å². The van der Waals surface area contributed by atoms with Crippen molar-refractivity contribution < 1.29 is 48.0 Å². The van der Waals surface area contributed by atoms with Gasteiger partial charge in [0.05, 0.1) is 19.8 Å². The summed E-state index contributed by atoms with van der Waals surface area (Å²) >= 11 is 0. The van der Waals surface area contributed by atoms with Crippen molar-refractivity contribution in [2.24, 2.45) is 17.6 Å². The van der Waals surface area contributed by atoms with E-state index in [1.165, 1.54) is 18.2 Å². The van der Waals surface area contributed by atoms with Gasteiger partial charge in [0, 0.05) is 12.3 Å². The summed E-state index contributed by atoms with van der Waals surface area (Å²) in [5, 5.41) is 9.67. The number of carbonyl (C=O) groups is 4. The number of benzene rings is 1. The number of carboxylic acid groups (broad SMARTS) is 1. The predicted molar refractivity (Wildman–Crippen MR) is 143 cm³/mol. The van der Waals surface area contributed by atoms with Crippen molar-refractivity contribution in [1.29, 1.82) is 0 Å². The van der Waals surface area contributed by atoms with E-state index in [0.29, 0.717) is 30.7 Å². The number of unbranched alkanes of at least 4 members (excludes halogenated alkanes) is 2. The van der Waals surface area contributed by atoms with E-state index < -0.39 is 36.2 Å². The third-order valence-electron chi connectivity index (χ3n) is 5.89. The summed E-state index contributed by atoms with van der Waals surface area (Å²) in [5.74, 6) is -2.98. The number of esters is 1. The standard InChI is InChI=1S/C28H43NO10/c1-6-8-14-35-27(33)38-21-12-11-20(16-22(21)39-28(34)36-15-9-7-2)24(25(29)26(31)32)19(5)17-37-23(30)13-10-18(3)4/h11-12,16,18-19,24-25H,6-10,13-15,17,29H2,1-5H3,(H,31,32)/t19?,24?,25-/m0/s1. The number of aliphatic carboxylic acids is 1. The first kappa shape index (κ1) is 33.7. The van der Waals surface area contributed by atoms with Gasteiger partial charge in [-0.25, -0.2) is 9.59 Å². The fourth-order valence-corrected chi connectivity index (χ4v) is 3.58. The molecule has 0 aliphatic rings. The molecule has 0 radical (unpaired) electrons. The Morgan fingerprint density at radius 2 is 1.44 bits per heavy atom. The Bertz CT molecular complexity index is 933. The van der Waals surface area contributed by atoms with Crippen LogP contribution in [-0.4, -0.2) is 55.2 Å². The Kier molecular flexibility index (Phi) is 15.6. The molecule has 0 fully saturated rings. The second-order valence-corrected chi connectivity index (χ2v) is 9.80. The van der Waals surface area contributed by atoms with E-state index in [9.17, 15) is 24.3 Å². The molecule has 220 valence electrons. The molecule has 3 atom stereocenters. The third-order valence-corrected chi connectivity index (χ3v) is 5.89. The van der Waals surface area contributed by atoms with Crippen molar-refractivity contribution in [2.75, 3.05) is 19.8 Å². The highest BCUT2D eigenvalue weighted by Crippen LogP contribution is 2.36. The molecular formula is C28H43NO10. The average molecular weight is 554 g/mol. The minimum absolute atomic E-state index is 0.0696. The van der Waals surface area contributed by atoms with Crippen molar-refractivity contribution in [3.8, 4) is 11.5 Å². The molecule has 0 aromatic heterocycles. The summed E-state index contributed by atoms with van der Waals surface area (Å²) in [5.41, 5.74) is 6.41. The molecule has 0 heterocycles. The largest absolute Gasteiger partial charge is 0.513 e. The zero-order chi connectivity index (χ0) is 29.4. The summed E-state index contributed by atoms with van der Waals surface area (Å²) in [6.07, 6.45) is 1.81. The van der Waals surface area contributed by atoms with Crippen LogP contribution in [0.1, 0.15) is 84.6 Å². The van der Waals surface area contributed by atoms with Gasteiger partial charge in [-0.1, -0.05) is 53.5 Å². The number of rotatable bonds is 17. The molecule has 39 heavy (non-hydrogen) atoms. The summed E-state index contributed by atoms with van der Waals surface area (Å²) in [7, 11) is 0. The topological polar surface area (TPSA) is 161 Å². The molecule has 0 saturated carbocycles. The molecule has 1 aromatic rings. The minimum atomic E-state index is -1.37. The van der Waals surface area contributed by atoms with E-state index in [0.717, 1.165) is 12.8 Å². The Labute approximate surface area is 230 Å². The lowest BCUT2D eigenvalue weighted by atomic mass is 9.82. The van der Waals surface area contributed by atoms with Gasteiger partial charge in [-0.15, -0.1) is 0 Å². The van der Waals surface area contributed by atoms with Gasteiger partial charge in [0.2, 0.25) is 0 Å². The molecule has 0 spiro atoms. The Balaban J connectivity index is 3.24. The van der Waals surface area contributed by atoms with Gasteiger partial charge in [-0.2, -0.15) is 0 Å². The first-order valence-electron chi connectivity index (χ1n) is 13.5. The van der Waals surface area contributed by atoms with Crippen LogP contribution in [0.4, 0.5) is 9.59 Å². The summed E-state index contributed by atoms with van der Waals surface area (Å²) in [6.45, 7) is 9.79. The lowest BCUT2D eigenvalue weighted by molar-refractivity contribution is -0.145. The molecule has 11 heteroatoms. The van der Waals surface area contributed by atoms with Crippen LogP contribution in [0.3, 0.4) is 0 Å². The number of nitrogens with two attached hydrogens (primary N) is 1. The van der Waals surface area contributed by atoms with Crippen molar-refractivity contribution in [3.63, 3.8) is 0 Å². The van der Waals surface area contributed by atoms with E-state index >= 15 is 0 Å². The molecule has 1 rings (SSSR count). The van der Waals surface area contributed by atoms with Crippen LogP contribution in [0, 0.1) is 11.8 Å². The summed E-state index contributed by atoms with van der Waals surface area (Å²) in [4.78, 5) is 48.4. The van der Waals surface area contributed by atoms with Gasteiger partial charge in [0.15, 0.2) is 11.5 Å². The second kappa shape index (κ2) is 18.0. The van der Waals surface area contributed by atoms with Gasteiger partial charge < -0.3 is 34.5 Å². The quantitative estimate of drug-likeness (QED) is 0.109. The van der Waals surface area contributed by atoms with Gasteiger partial charge >= 0.3 is 24.2 Å². The summed E-state index contributed by atoms with van der Waals surface area (Å²) < 4.78 is 26.0. The van der Waals surface area contributed by atoms with Gasteiger partial charge in [0.1, 0.15) is 6.04 Å². The molecule has 0 bridgehead atoms. The lowest BCUT2D eigenvalue weighted by Gasteiger charge is -2.28. The number of ether oxygens (including phenoxy) is 5. The van der Waals surface area contributed by atoms with Crippen LogP contribution in [0.25, 0.3) is 0 Å². The zero-order valence-corrected chi connectivity index (χ0v) is 23.6. The second-order valence-electron chi connectivity index (χ2n) is 9.80. The first-order chi connectivity index (χ1) is 18.5. The number of hydrogen-bond acceptors (Lipinski definition) is 10. The van der Waals surface area contributed by atoms with E-state index in [1.807, 2.05) is 27.7 Å². The third kappa shape index (κ3) is 12.8. The molecule has 1 aromatic carbocycles. The van der Waals surface area contributed by atoms with Gasteiger partial charge in [-0.05, 0) is 48.8 Å². The maximum atomic E-state index is 12.3. The monoisotopic (exact) mass is 553 g/mol. The van der Waals surface area contributed by atoms with E-state index in [1.54, 1.807) is 6.92 Å². The first-order valence-corrected chi connectivity index (χ1v) is 13.5. The molecule has 3 N–H and O–H groups in total. The van der Waals surface area contributed by atoms with Crippen molar-refractivity contribution in [1.82, 2.24) is 0 Å². The molecule has 2 unspecified atom stereocenters. The molecule has 0 saturated heterocycles. The molecular weight excluding hydrogens is 510 g/mol. The van der Waals surface area contributed by atoms with Crippen LogP contribution in [0.5, 0.6) is 11.5 Å². The van der Waals surface area contributed by atoms with Gasteiger partial charge in [-0.3, -0.25) is 9.59 Å². The highest BCUT2D eigenvalue weighted by atomic mass is 16.7. The van der Waals surface area contributed by atoms with Crippen LogP contribution in [0.15, 0.2) is 18.2 Å². The molecule has 0 amide bonds. The minimum Gasteiger partial charge on any atom is -0.480 e. The molecule has 0 aliphatic heterocycles. The smallest absolute Gasteiger partial charge is 0.480 e. The van der Waals surface area contributed by atoms with E-state index in [2.05, 4.69) is 0 Å².